The van der Waals surface area contributed by atoms with E-state index in [0.717, 1.165) is 16.7 Å². The molecule has 2 N–H and O–H groups in total. The first-order valence-electron chi connectivity index (χ1n) is 10.6. The van der Waals surface area contributed by atoms with Gasteiger partial charge in [-0.3, -0.25) is 0 Å². The second-order valence-electron chi connectivity index (χ2n) is 7.58. The second-order valence-corrected chi connectivity index (χ2v) is 7.58. The van der Waals surface area contributed by atoms with E-state index < -0.39 is 0 Å². The molecule has 1 heterocycles. The molecule has 0 atom stereocenters. The summed E-state index contributed by atoms with van der Waals surface area (Å²) in [5.41, 5.74) is 4.69. The van der Waals surface area contributed by atoms with Crippen LogP contribution in [0.1, 0.15) is 23.6 Å². The van der Waals surface area contributed by atoms with Crippen molar-refractivity contribution < 1.29 is 18.7 Å². The number of hydrogen-bond acceptors (Lipinski definition) is 5. The topological polar surface area (TPSA) is 75.2 Å². The van der Waals surface area contributed by atoms with Crippen molar-refractivity contribution in [3.63, 3.8) is 0 Å². The van der Waals surface area contributed by atoms with Gasteiger partial charge in [0.05, 0.1) is 25.6 Å². The molecule has 3 aromatic rings. The Labute approximate surface area is 197 Å². The predicted octanol–water partition coefficient (Wildman–Crippen LogP) is 5.35. The molecule has 0 unspecified atom stereocenters. The number of benzene rings is 3. The van der Waals surface area contributed by atoms with Gasteiger partial charge in [0, 0.05) is 29.6 Å². The highest BCUT2D eigenvalue weighted by Crippen LogP contribution is 2.35. The van der Waals surface area contributed by atoms with Crippen LogP contribution in [0, 0.1) is 5.82 Å². The van der Waals surface area contributed by atoms with Gasteiger partial charge in [-0.1, -0.05) is 24.3 Å². The van der Waals surface area contributed by atoms with Crippen LogP contribution in [-0.2, 0) is 0 Å². The van der Waals surface area contributed by atoms with Gasteiger partial charge in [0.1, 0.15) is 5.82 Å². The summed E-state index contributed by atoms with van der Waals surface area (Å²) in [5.74, 6) is 0.783. The molecule has 0 saturated carbocycles. The molecule has 1 aliphatic heterocycles. The van der Waals surface area contributed by atoms with Crippen LogP contribution in [0.2, 0.25) is 0 Å². The van der Waals surface area contributed by atoms with Gasteiger partial charge in [0.2, 0.25) is 0 Å². The first kappa shape index (κ1) is 22.8. The number of nitrogens with one attached hydrogen (secondary N) is 2. The van der Waals surface area contributed by atoms with Crippen LogP contribution < -0.4 is 20.1 Å². The summed E-state index contributed by atoms with van der Waals surface area (Å²) in [7, 11) is 4.70. The number of urea groups is 1. The van der Waals surface area contributed by atoms with Crippen molar-refractivity contribution in [1.29, 1.82) is 0 Å². The molecule has 2 amide bonds. The summed E-state index contributed by atoms with van der Waals surface area (Å²) in [6.45, 7) is 1.81. The number of rotatable bonds is 5. The summed E-state index contributed by atoms with van der Waals surface area (Å²) < 4.78 is 25.0. The van der Waals surface area contributed by atoms with E-state index in [-0.39, 0.29) is 11.8 Å². The van der Waals surface area contributed by atoms with Crippen LogP contribution in [0.5, 0.6) is 11.5 Å². The Morgan fingerprint density at radius 3 is 2.32 bits per heavy atom. The summed E-state index contributed by atoms with van der Waals surface area (Å²) in [6, 6.07) is 17.2. The van der Waals surface area contributed by atoms with E-state index in [1.165, 1.54) is 11.1 Å². The number of halogens is 1. The number of hydrogen-bond donors (Lipinski definition) is 2. The summed E-state index contributed by atoms with van der Waals surface area (Å²) in [5, 5.41) is 11.7. The van der Waals surface area contributed by atoms with Crippen LogP contribution >= 0.6 is 0 Å². The lowest BCUT2D eigenvalue weighted by Crippen LogP contribution is -2.33. The van der Waals surface area contributed by atoms with Gasteiger partial charge in [0.25, 0.3) is 0 Å². The van der Waals surface area contributed by atoms with Gasteiger partial charge < -0.3 is 20.1 Å². The van der Waals surface area contributed by atoms with Crippen molar-refractivity contribution in [2.45, 2.75) is 6.92 Å². The Hall–Kier alpha value is -4.33. The maximum atomic E-state index is 14.0. The number of anilines is 2. The standard InChI is InChI=1S/C26H25FN4O3/c1-16-13-18-14-23(33-3)24(34-4)15-20(18)25(30-31(16)26(32)28-2)17-9-11-19(12-10-17)29-22-8-6-5-7-21(22)27/h5-15,29H,1-4H3,(H,28,32). The van der Waals surface area contributed by atoms with E-state index in [0.29, 0.717) is 34.3 Å². The quantitative estimate of drug-likeness (QED) is 0.538. The minimum atomic E-state index is -0.365. The van der Waals surface area contributed by atoms with Crippen LogP contribution in [0.15, 0.2) is 71.5 Å². The fourth-order valence-corrected chi connectivity index (χ4v) is 3.69. The lowest BCUT2D eigenvalue weighted by Gasteiger charge is -2.18. The number of nitrogens with zero attached hydrogens (tertiary/aromatic N) is 2. The number of fused-ring (bicyclic) bond motifs is 1. The zero-order valence-electron chi connectivity index (χ0n) is 19.3. The van der Waals surface area contributed by atoms with E-state index in [2.05, 4.69) is 10.6 Å². The fraction of sp³-hybridized carbons (Fsp3) is 0.154. The van der Waals surface area contributed by atoms with Gasteiger partial charge in [-0.15, -0.1) is 0 Å². The fourth-order valence-electron chi connectivity index (χ4n) is 3.69. The molecule has 1 aliphatic rings. The molecule has 34 heavy (non-hydrogen) atoms. The minimum Gasteiger partial charge on any atom is -0.493 e. The molecule has 174 valence electrons. The molecule has 7 nitrogen and oxygen atoms in total. The summed E-state index contributed by atoms with van der Waals surface area (Å²) in [4.78, 5) is 12.6. The number of amides is 2. The maximum absolute atomic E-state index is 14.0. The Morgan fingerprint density at radius 1 is 1.00 bits per heavy atom. The van der Waals surface area contributed by atoms with E-state index in [9.17, 15) is 9.18 Å². The van der Waals surface area contributed by atoms with Gasteiger partial charge in [-0.2, -0.15) is 10.1 Å². The number of para-hydroxylation sites is 1. The van der Waals surface area contributed by atoms with Gasteiger partial charge in [-0.25, -0.2) is 9.18 Å². The third-order valence-corrected chi connectivity index (χ3v) is 5.43. The number of carbonyl (C=O) groups excluding carboxylic acids is 1. The Morgan fingerprint density at radius 2 is 1.68 bits per heavy atom. The molecule has 0 saturated heterocycles. The highest BCUT2D eigenvalue weighted by molar-refractivity contribution is 6.16. The zero-order chi connectivity index (χ0) is 24.2. The monoisotopic (exact) mass is 460 g/mol. The Balaban J connectivity index is 1.80. The lowest BCUT2D eigenvalue weighted by atomic mass is 9.96. The molecule has 0 spiro atoms. The molecule has 0 aromatic heterocycles. The van der Waals surface area contributed by atoms with E-state index in [4.69, 9.17) is 14.6 Å². The van der Waals surface area contributed by atoms with Crippen LogP contribution in [0.4, 0.5) is 20.6 Å². The second kappa shape index (κ2) is 9.66. The van der Waals surface area contributed by atoms with Crippen molar-refractivity contribution in [2.24, 2.45) is 5.10 Å². The summed E-state index contributed by atoms with van der Waals surface area (Å²) >= 11 is 0. The first-order chi connectivity index (χ1) is 16.4. The summed E-state index contributed by atoms with van der Waals surface area (Å²) in [6.07, 6.45) is 1.87. The third-order valence-electron chi connectivity index (χ3n) is 5.43. The van der Waals surface area contributed by atoms with Gasteiger partial charge in [-0.05, 0) is 55.0 Å². The van der Waals surface area contributed by atoms with Crippen molar-refractivity contribution in [3.05, 3.63) is 88.9 Å². The molecule has 0 fully saturated rings. The molecule has 0 radical (unpaired) electrons. The smallest absolute Gasteiger partial charge is 0.342 e. The third kappa shape index (κ3) is 4.43. The number of carbonyl (C=O) groups is 1. The maximum Gasteiger partial charge on any atom is 0.342 e. The normalized spacial score (nSPS) is 12.7. The van der Waals surface area contributed by atoms with E-state index >= 15 is 0 Å². The SMILES string of the molecule is CNC(=O)N1N=C(c2ccc(Nc3ccccc3F)cc2)c2cc(OC)c(OC)cc2C=C1C. The Bertz CT molecular complexity index is 1290. The van der Waals surface area contributed by atoms with Crippen molar-refractivity contribution in [2.75, 3.05) is 26.6 Å². The van der Waals surface area contributed by atoms with Gasteiger partial charge in [0.15, 0.2) is 11.5 Å². The average Bonchev–Trinajstić information content (AvgIpc) is 3.00. The van der Waals surface area contributed by atoms with Crippen molar-refractivity contribution in [1.82, 2.24) is 10.3 Å². The molecule has 4 rings (SSSR count). The first-order valence-corrected chi connectivity index (χ1v) is 10.6. The number of ether oxygens (including phenoxy) is 2. The zero-order valence-corrected chi connectivity index (χ0v) is 19.3. The average molecular weight is 461 g/mol. The largest absolute Gasteiger partial charge is 0.493 e. The van der Waals surface area contributed by atoms with E-state index in [1.54, 1.807) is 39.5 Å². The highest BCUT2D eigenvalue weighted by Gasteiger charge is 2.24. The van der Waals surface area contributed by atoms with Gasteiger partial charge >= 0.3 is 6.03 Å². The van der Waals surface area contributed by atoms with Crippen LogP contribution in [-0.4, -0.2) is 38.0 Å². The van der Waals surface area contributed by atoms with Crippen molar-refractivity contribution in [3.8, 4) is 11.5 Å². The number of methoxy groups -OCH3 is 2. The van der Waals surface area contributed by atoms with Crippen molar-refractivity contribution >= 4 is 29.2 Å². The highest BCUT2D eigenvalue weighted by atomic mass is 19.1. The molecule has 3 aromatic carbocycles. The van der Waals surface area contributed by atoms with E-state index in [1.807, 2.05) is 49.4 Å². The molecule has 0 bridgehead atoms. The Kier molecular flexibility index (Phi) is 6.49. The van der Waals surface area contributed by atoms with Crippen LogP contribution in [0.3, 0.4) is 0 Å². The number of hydrazone groups is 1. The number of allylic oxidation sites excluding steroid dienone is 1. The molecule has 8 heteroatoms. The molecular weight excluding hydrogens is 435 g/mol. The molecule has 0 aliphatic carbocycles. The minimum absolute atomic E-state index is 0.336. The lowest BCUT2D eigenvalue weighted by molar-refractivity contribution is 0.215. The molecular formula is C26H25FN4O3. The van der Waals surface area contributed by atoms with Crippen LogP contribution in [0.25, 0.3) is 6.08 Å². The predicted molar refractivity (Wildman–Crippen MR) is 131 cm³/mol.